The Morgan fingerprint density at radius 2 is 1.36 bits per heavy atom. The smallest absolute Gasteiger partial charge is 0.413 e. The van der Waals surface area contributed by atoms with Gasteiger partial charge in [0.15, 0.2) is 12.2 Å². The normalized spacial score (nSPS) is 20.2. The van der Waals surface area contributed by atoms with Crippen LogP contribution >= 0.6 is 7.60 Å². The predicted molar refractivity (Wildman–Crippen MR) is 201 cm³/mol. The van der Waals surface area contributed by atoms with E-state index in [9.17, 15) is 19.7 Å². The maximum Gasteiger partial charge on any atom is 0.413 e. The lowest BCUT2D eigenvalue weighted by Crippen LogP contribution is -2.50. The van der Waals surface area contributed by atoms with Crippen LogP contribution in [0.4, 0.5) is 10.6 Å². The molecule has 0 spiro atoms. The molecule has 0 bridgehead atoms. The number of aromatic nitrogens is 2. The van der Waals surface area contributed by atoms with E-state index in [0.29, 0.717) is 22.3 Å². The predicted octanol–water partition coefficient (Wildman–Crippen LogP) is 6.26. The van der Waals surface area contributed by atoms with Crippen molar-refractivity contribution in [1.82, 2.24) is 20.0 Å². The molecule has 5 aromatic carbocycles. The molecular weight excluding hydrogens is 693 g/mol. The number of aromatic amines is 1. The zero-order chi connectivity index (χ0) is 37.0. The number of nitrogens with zero attached hydrogens (tertiary/aromatic N) is 3. The summed E-state index contributed by atoms with van der Waals surface area (Å²) in [6, 6.07) is 37.3. The number of amides is 2. The number of nitrogen functional groups attached to an aromatic ring is 1. The fraction of sp³-hybridized carbons (Fsp3) is 0.200. The van der Waals surface area contributed by atoms with Crippen molar-refractivity contribution < 1.29 is 33.7 Å². The Balaban J connectivity index is 1.23. The number of benzene rings is 5. The number of ether oxygens (including phenoxy) is 1. The Kier molecular flexibility index (Phi) is 10.5. The molecule has 1 aliphatic rings. The molecule has 7 rings (SSSR count). The van der Waals surface area contributed by atoms with Crippen LogP contribution in [0.3, 0.4) is 0 Å². The van der Waals surface area contributed by atoms with Gasteiger partial charge < -0.3 is 39.9 Å². The second kappa shape index (κ2) is 15.5. The number of rotatable bonds is 12. The second-order valence-corrected chi connectivity index (χ2v) is 14.8. The van der Waals surface area contributed by atoms with Crippen molar-refractivity contribution in [2.45, 2.75) is 43.8 Å². The zero-order valence-corrected chi connectivity index (χ0v) is 29.6. The standard InChI is InChI=1S/C40H40N5O7P/c41-39-33-22-29(19-20-34(33)42-43-39)24-44-35(23-27-11-4-1-5-12-27)37(46)38(47)36(30-14-6-2-7-15-30)45(40(44)48)25-28-13-10-18-32(21-28)51-26-53(49,50)52-31-16-8-3-9-17-31/h1-22,35-38,46-47H,23-26H2,(H,49,50)(H3,41,42,43)/t35-,36?,37+,38+/m1/s1. The Morgan fingerprint density at radius 1 is 0.736 bits per heavy atom. The minimum atomic E-state index is -4.17. The maximum atomic E-state index is 15.1. The summed E-state index contributed by atoms with van der Waals surface area (Å²) in [6.45, 7) is 0.119. The quantitative estimate of drug-likeness (QED) is 0.0910. The van der Waals surface area contributed by atoms with Crippen LogP contribution in [0.1, 0.15) is 28.3 Å². The van der Waals surface area contributed by atoms with Gasteiger partial charge in [-0.15, -0.1) is 0 Å². The summed E-state index contributed by atoms with van der Waals surface area (Å²) < 4.78 is 23.8. The molecule has 5 atom stereocenters. The summed E-state index contributed by atoms with van der Waals surface area (Å²) in [4.78, 5) is 28.7. The Morgan fingerprint density at radius 3 is 2.09 bits per heavy atom. The molecule has 13 heteroatoms. The third-order valence-electron chi connectivity index (χ3n) is 9.37. The first-order valence-corrected chi connectivity index (χ1v) is 18.9. The highest BCUT2D eigenvalue weighted by molar-refractivity contribution is 7.53. The number of hydrogen-bond donors (Lipinski definition) is 5. The van der Waals surface area contributed by atoms with Gasteiger partial charge in [-0.25, -0.2) is 9.36 Å². The van der Waals surface area contributed by atoms with E-state index in [1.807, 2.05) is 78.9 Å². The maximum absolute atomic E-state index is 15.1. The van der Waals surface area contributed by atoms with Crippen LogP contribution in [0.2, 0.25) is 0 Å². The molecule has 1 aromatic heterocycles. The minimum Gasteiger partial charge on any atom is -0.480 e. The lowest BCUT2D eigenvalue weighted by molar-refractivity contribution is -0.0418. The molecule has 2 unspecified atom stereocenters. The molecule has 12 nitrogen and oxygen atoms in total. The van der Waals surface area contributed by atoms with Crippen LogP contribution < -0.4 is 15.0 Å². The van der Waals surface area contributed by atoms with Gasteiger partial charge in [0.05, 0.1) is 17.6 Å². The molecular formula is C40H40N5O7P. The summed E-state index contributed by atoms with van der Waals surface area (Å²) in [5.41, 5.74) is 9.81. The van der Waals surface area contributed by atoms with Crippen molar-refractivity contribution in [2.24, 2.45) is 0 Å². The van der Waals surface area contributed by atoms with Gasteiger partial charge in [-0.2, -0.15) is 5.10 Å². The van der Waals surface area contributed by atoms with Crippen LogP contribution in [0.15, 0.2) is 133 Å². The number of H-pyrrole nitrogens is 1. The van der Waals surface area contributed by atoms with Gasteiger partial charge in [0.2, 0.25) is 0 Å². The summed E-state index contributed by atoms with van der Waals surface area (Å²) in [7, 11) is -4.17. The van der Waals surface area contributed by atoms with Gasteiger partial charge in [-0.1, -0.05) is 97.1 Å². The Labute approximate surface area is 306 Å². The molecule has 6 aromatic rings. The van der Waals surface area contributed by atoms with E-state index < -0.39 is 44.3 Å². The summed E-state index contributed by atoms with van der Waals surface area (Å²) in [6.07, 6.45) is -3.03. The molecule has 53 heavy (non-hydrogen) atoms. The molecule has 1 fully saturated rings. The molecule has 0 saturated carbocycles. The average molecular weight is 734 g/mol. The van der Waals surface area contributed by atoms with E-state index in [-0.39, 0.29) is 31.0 Å². The third-order valence-corrected chi connectivity index (χ3v) is 10.3. The number of aliphatic hydroxyl groups excluding tert-OH is 2. The zero-order valence-electron chi connectivity index (χ0n) is 28.7. The van der Waals surface area contributed by atoms with Crippen molar-refractivity contribution >= 4 is 30.3 Å². The average Bonchev–Trinajstić information content (AvgIpc) is 3.52. The first kappa shape index (κ1) is 35.7. The van der Waals surface area contributed by atoms with Crippen LogP contribution in [-0.2, 0) is 24.1 Å². The summed E-state index contributed by atoms with van der Waals surface area (Å²) in [5, 5.41) is 31.8. The van der Waals surface area contributed by atoms with Gasteiger partial charge in [-0.05, 0) is 65.1 Å². The number of para-hydroxylation sites is 1. The van der Waals surface area contributed by atoms with Gasteiger partial charge in [0.1, 0.15) is 23.7 Å². The van der Waals surface area contributed by atoms with Gasteiger partial charge >= 0.3 is 13.6 Å². The minimum absolute atomic E-state index is 0.0128. The van der Waals surface area contributed by atoms with Crippen molar-refractivity contribution in [3.63, 3.8) is 0 Å². The number of anilines is 1. The van der Waals surface area contributed by atoms with Crippen molar-refractivity contribution in [2.75, 3.05) is 12.1 Å². The SMILES string of the molecule is Nc1n[nH]c2ccc(CN3C(=O)N(Cc4cccc(OCP(=O)(O)Oc5ccccc5)c4)C(c4ccccc4)[C@H](O)[C@@H](O)[C@H]3Cc3ccccc3)cc12. The molecule has 272 valence electrons. The molecule has 2 heterocycles. The Hall–Kier alpha value is -5.65. The van der Waals surface area contributed by atoms with Gasteiger partial charge in [0, 0.05) is 18.5 Å². The monoisotopic (exact) mass is 733 g/mol. The largest absolute Gasteiger partial charge is 0.480 e. The van der Waals surface area contributed by atoms with E-state index in [1.54, 1.807) is 64.4 Å². The lowest BCUT2D eigenvalue weighted by atomic mass is 9.90. The first-order chi connectivity index (χ1) is 25.6. The van der Waals surface area contributed by atoms with Gasteiger partial charge in [0.25, 0.3) is 0 Å². The fourth-order valence-corrected chi connectivity index (χ4v) is 7.63. The van der Waals surface area contributed by atoms with E-state index in [0.717, 1.165) is 16.6 Å². The van der Waals surface area contributed by atoms with Crippen molar-refractivity contribution in [3.8, 4) is 11.5 Å². The van der Waals surface area contributed by atoms with E-state index in [1.165, 1.54) is 0 Å². The molecule has 2 amide bonds. The molecule has 1 saturated heterocycles. The van der Waals surface area contributed by atoms with E-state index in [4.69, 9.17) is 15.0 Å². The van der Waals surface area contributed by atoms with Crippen molar-refractivity contribution in [3.05, 3.63) is 156 Å². The highest BCUT2D eigenvalue weighted by atomic mass is 31.2. The number of carbonyl (C=O) groups excluding carboxylic acids is 1. The lowest BCUT2D eigenvalue weighted by Gasteiger charge is -2.36. The number of nitrogens with one attached hydrogen (secondary N) is 1. The molecule has 0 radical (unpaired) electrons. The number of aliphatic hydroxyl groups is 2. The first-order valence-electron chi connectivity index (χ1n) is 17.2. The number of carbonyl (C=O) groups is 1. The van der Waals surface area contributed by atoms with Crippen LogP contribution in [-0.4, -0.2) is 65.7 Å². The van der Waals surface area contributed by atoms with Gasteiger partial charge in [-0.3, -0.25) is 5.10 Å². The Bertz CT molecular complexity index is 2210. The number of urea groups is 1. The molecule has 0 aliphatic carbocycles. The number of fused-ring (bicyclic) bond motifs is 1. The molecule has 1 aliphatic heterocycles. The number of hydrogen-bond acceptors (Lipinski definition) is 8. The van der Waals surface area contributed by atoms with Crippen LogP contribution in [0.25, 0.3) is 10.9 Å². The topological polar surface area (TPSA) is 174 Å². The second-order valence-electron chi connectivity index (χ2n) is 13.1. The van der Waals surface area contributed by atoms with Crippen LogP contribution in [0.5, 0.6) is 11.5 Å². The summed E-state index contributed by atoms with van der Waals surface area (Å²) in [5.74, 6) is 0.862. The van der Waals surface area contributed by atoms with E-state index in [2.05, 4.69) is 10.2 Å². The third kappa shape index (κ3) is 8.21. The van der Waals surface area contributed by atoms with Crippen molar-refractivity contribution in [1.29, 1.82) is 0 Å². The van der Waals surface area contributed by atoms with Crippen LogP contribution in [0, 0.1) is 0 Å². The summed E-state index contributed by atoms with van der Waals surface area (Å²) >= 11 is 0. The highest BCUT2D eigenvalue weighted by Gasteiger charge is 2.47. The highest BCUT2D eigenvalue weighted by Crippen LogP contribution is 2.43. The fourth-order valence-electron chi connectivity index (χ4n) is 6.81. The molecule has 6 N–H and O–H groups in total. The van der Waals surface area contributed by atoms with E-state index >= 15 is 4.79 Å². The number of nitrogens with two attached hydrogens (primary N) is 1.